The van der Waals surface area contributed by atoms with Gasteiger partial charge in [0.15, 0.2) is 0 Å². The maximum Gasteiger partial charge on any atom is 0.255 e. The number of nitrogens with zero attached hydrogens (tertiary/aromatic N) is 1. The fourth-order valence-electron chi connectivity index (χ4n) is 2.39. The van der Waals surface area contributed by atoms with Gasteiger partial charge in [0.2, 0.25) is 0 Å². The molecule has 1 aromatic carbocycles. The van der Waals surface area contributed by atoms with Gasteiger partial charge in [0.1, 0.15) is 0 Å². The molecule has 4 heteroatoms. The predicted octanol–water partition coefficient (Wildman–Crippen LogP) is 4.46. The minimum absolute atomic E-state index is 0.162. The summed E-state index contributed by atoms with van der Waals surface area (Å²) in [6, 6.07) is 6.28. The summed E-state index contributed by atoms with van der Waals surface area (Å²) in [5.41, 5.74) is 0.788. The Labute approximate surface area is 130 Å². The molecule has 98 valence electrons. The molecule has 1 atom stereocenters. The van der Waals surface area contributed by atoms with Crippen LogP contribution in [0.1, 0.15) is 43.0 Å². The Kier molecular flexibility index (Phi) is 5.06. The lowest BCUT2D eigenvalue weighted by molar-refractivity contribution is 0.0697. The first kappa shape index (κ1) is 14.3. The van der Waals surface area contributed by atoms with E-state index in [1.54, 1.807) is 0 Å². The van der Waals surface area contributed by atoms with E-state index < -0.39 is 0 Å². The lowest BCUT2D eigenvalue weighted by Gasteiger charge is -2.27. The quantitative estimate of drug-likeness (QED) is 0.613. The Hall–Kier alpha value is -0.100. The monoisotopic (exact) mass is 421 g/mol. The van der Waals surface area contributed by atoms with E-state index >= 15 is 0 Å². The molecule has 1 aromatic rings. The number of rotatable bonds is 1. The van der Waals surface area contributed by atoms with E-state index in [1.165, 1.54) is 12.8 Å². The summed E-state index contributed by atoms with van der Waals surface area (Å²) in [4.78, 5) is 14.7. The molecule has 1 aliphatic heterocycles. The molecule has 18 heavy (non-hydrogen) atoms. The van der Waals surface area contributed by atoms with Gasteiger partial charge in [0.05, 0.1) is 5.56 Å². The number of hydrogen-bond acceptors (Lipinski definition) is 1. The van der Waals surface area contributed by atoms with E-state index in [0.29, 0.717) is 6.04 Å². The molecule has 1 aliphatic rings. The normalized spacial score (nSPS) is 20.6. The molecule has 0 spiro atoms. The van der Waals surface area contributed by atoms with Crippen LogP contribution in [0.3, 0.4) is 0 Å². The van der Waals surface area contributed by atoms with E-state index in [2.05, 4.69) is 45.4 Å². The zero-order valence-corrected chi connectivity index (χ0v) is 14.2. The smallest absolute Gasteiger partial charge is 0.255 e. The van der Waals surface area contributed by atoms with Crippen LogP contribution >= 0.6 is 38.5 Å². The van der Waals surface area contributed by atoms with Gasteiger partial charge in [-0.3, -0.25) is 4.79 Å². The lowest BCUT2D eigenvalue weighted by atomic mass is 10.1. The van der Waals surface area contributed by atoms with Crippen molar-refractivity contribution >= 4 is 44.4 Å². The van der Waals surface area contributed by atoms with Crippen LogP contribution in [0.4, 0.5) is 0 Å². The van der Waals surface area contributed by atoms with Gasteiger partial charge in [-0.2, -0.15) is 0 Å². The molecular formula is C14H17BrINO. The van der Waals surface area contributed by atoms with Crippen molar-refractivity contribution < 1.29 is 4.79 Å². The zero-order chi connectivity index (χ0) is 13.1. The van der Waals surface area contributed by atoms with Crippen LogP contribution in [0.2, 0.25) is 0 Å². The van der Waals surface area contributed by atoms with Crippen LogP contribution in [0.15, 0.2) is 22.7 Å². The van der Waals surface area contributed by atoms with Gasteiger partial charge in [-0.05, 0) is 76.5 Å². The Morgan fingerprint density at radius 3 is 2.94 bits per heavy atom. The summed E-state index contributed by atoms with van der Waals surface area (Å²) in [6.07, 6.45) is 4.71. The first-order chi connectivity index (χ1) is 8.59. The van der Waals surface area contributed by atoms with Gasteiger partial charge in [-0.15, -0.1) is 0 Å². The molecule has 0 saturated carbocycles. The fraction of sp³-hybridized carbons (Fsp3) is 0.500. The molecule has 1 fully saturated rings. The van der Waals surface area contributed by atoms with Gasteiger partial charge in [-0.25, -0.2) is 0 Å². The maximum absolute atomic E-state index is 12.6. The van der Waals surface area contributed by atoms with Gasteiger partial charge in [-0.1, -0.05) is 12.8 Å². The van der Waals surface area contributed by atoms with E-state index in [4.69, 9.17) is 0 Å². The molecule has 0 aliphatic carbocycles. The topological polar surface area (TPSA) is 20.3 Å². The summed E-state index contributed by atoms with van der Waals surface area (Å²) in [5.74, 6) is 0.162. The van der Waals surface area contributed by atoms with Crippen molar-refractivity contribution in [3.05, 3.63) is 31.8 Å². The highest BCUT2D eigenvalue weighted by Gasteiger charge is 2.24. The maximum atomic E-state index is 12.6. The van der Waals surface area contributed by atoms with Crippen molar-refractivity contribution in [3.63, 3.8) is 0 Å². The van der Waals surface area contributed by atoms with E-state index in [-0.39, 0.29) is 5.91 Å². The first-order valence-corrected chi connectivity index (χ1v) is 8.23. The van der Waals surface area contributed by atoms with Crippen molar-refractivity contribution in [2.45, 2.75) is 38.6 Å². The molecule has 0 aromatic heterocycles. The summed E-state index contributed by atoms with van der Waals surface area (Å²) in [6.45, 7) is 3.04. The Balaban J connectivity index is 2.26. The van der Waals surface area contributed by atoms with Crippen LogP contribution < -0.4 is 0 Å². The Morgan fingerprint density at radius 2 is 2.17 bits per heavy atom. The number of likely N-dealkylation sites (tertiary alicyclic amines) is 1. The third-order valence-electron chi connectivity index (χ3n) is 3.47. The minimum atomic E-state index is 0.162. The van der Waals surface area contributed by atoms with Crippen molar-refractivity contribution in [1.29, 1.82) is 0 Å². The second-order valence-corrected chi connectivity index (χ2v) is 6.92. The largest absolute Gasteiger partial charge is 0.336 e. The Morgan fingerprint density at radius 1 is 1.39 bits per heavy atom. The highest BCUT2D eigenvalue weighted by Crippen LogP contribution is 2.24. The molecule has 0 bridgehead atoms. The van der Waals surface area contributed by atoms with Crippen molar-refractivity contribution in [1.82, 2.24) is 4.90 Å². The number of benzene rings is 1. The van der Waals surface area contributed by atoms with Crippen molar-refractivity contribution in [3.8, 4) is 0 Å². The molecule has 2 nitrogen and oxygen atoms in total. The van der Waals surface area contributed by atoms with E-state index in [0.717, 1.165) is 33.0 Å². The first-order valence-electron chi connectivity index (χ1n) is 6.35. The van der Waals surface area contributed by atoms with Crippen LogP contribution in [0.5, 0.6) is 0 Å². The average molecular weight is 422 g/mol. The number of carbonyl (C=O) groups is 1. The van der Waals surface area contributed by atoms with Crippen LogP contribution in [-0.2, 0) is 0 Å². The lowest BCUT2D eigenvalue weighted by Crippen LogP contribution is -2.38. The van der Waals surface area contributed by atoms with Gasteiger partial charge in [0.25, 0.3) is 5.91 Å². The summed E-state index contributed by atoms with van der Waals surface area (Å²) < 4.78 is 1.99. The molecule has 0 radical (unpaired) electrons. The van der Waals surface area contributed by atoms with Gasteiger partial charge < -0.3 is 4.90 Å². The average Bonchev–Trinajstić information content (AvgIpc) is 2.56. The molecule has 1 amide bonds. The third kappa shape index (κ3) is 3.26. The minimum Gasteiger partial charge on any atom is -0.336 e. The summed E-state index contributed by atoms with van der Waals surface area (Å²) in [7, 11) is 0. The van der Waals surface area contributed by atoms with Gasteiger partial charge in [0, 0.05) is 20.6 Å². The number of amides is 1. The summed E-state index contributed by atoms with van der Waals surface area (Å²) in [5, 5.41) is 0. The fourth-order valence-corrected chi connectivity index (χ4v) is 3.30. The molecule has 1 saturated heterocycles. The highest BCUT2D eigenvalue weighted by atomic mass is 127. The molecular weight excluding hydrogens is 405 g/mol. The number of carbonyl (C=O) groups excluding carboxylic acids is 1. The molecule has 1 unspecified atom stereocenters. The van der Waals surface area contributed by atoms with Crippen LogP contribution in [0, 0.1) is 3.57 Å². The molecule has 2 rings (SSSR count). The third-order valence-corrected chi connectivity index (χ3v) is 4.84. The van der Waals surface area contributed by atoms with Crippen LogP contribution in [-0.4, -0.2) is 23.4 Å². The van der Waals surface area contributed by atoms with Crippen molar-refractivity contribution in [2.75, 3.05) is 6.54 Å². The zero-order valence-electron chi connectivity index (χ0n) is 10.5. The predicted molar refractivity (Wildman–Crippen MR) is 85.8 cm³/mol. The molecule has 0 N–H and O–H groups in total. The Bertz CT molecular complexity index is 449. The highest BCUT2D eigenvalue weighted by molar-refractivity contribution is 14.1. The SMILES string of the molecule is CC1CCCCCN1C(=O)c1cc(I)ccc1Br. The second-order valence-electron chi connectivity index (χ2n) is 4.82. The second kappa shape index (κ2) is 6.37. The van der Waals surface area contributed by atoms with E-state index in [9.17, 15) is 4.79 Å². The van der Waals surface area contributed by atoms with E-state index in [1.807, 2.05) is 23.1 Å². The van der Waals surface area contributed by atoms with Gasteiger partial charge >= 0.3 is 0 Å². The number of halogens is 2. The standard InChI is InChI=1S/C14H17BrINO/c1-10-5-3-2-4-8-17(10)14(18)12-9-11(16)6-7-13(12)15/h6-7,9-10H,2-5,8H2,1H3. The van der Waals surface area contributed by atoms with Crippen molar-refractivity contribution in [2.24, 2.45) is 0 Å². The van der Waals surface area contributed by atoms with Crippen LogP contribution in [0.25, 0.3) is 0 Å². The molecule has 1 heterocycles. The number of hydrogen-bond donors (Lipinski definition) is 0. The summed E-state index contributed by atoms with van der Waals surface area (Å²) >= 11 is 5.73.